The molecule has 1 aliphatic rings. The highest BCUT2D eigenvalue weighted by Gasteiger charge is 2.29. The van der Waals surface area contributed by atoms with Gasteiger partial charge in [0.15, 0.2) is 0 Å². The van der Waals surface area contributed by atoms with E-state index in [0.717, 1.165) is 17.8 Å². The zero-order valence-corrected chi connectivity index (χ0v) is 10.9. The Morgan fingerprint density at radius 2 is 2.12 bits per heavy atom. The van der Waals surface area contributed by atoms with E-state index in [-0.39, 0.29) is 0 Å². The van der Waals surface area contributed by atoms with Crippen LogP contribution in [-0.4, -0.2) is 34.5 Å². The van der Waals surface area contributed by atoms with Crippen molar-refractivity contribution in [2.75, 3.05) is 13.3 Å². The fourth-order valence-electron chi connectivity index (χ4n) is 2.58. The Morgan fingerprint density at radius 1 is 1.38 bits per heavy atom. The maximum absolute atomic E-state index is 4.06. The van der Waals surface area contributed by atoms with Crippen molar-refractivity contribution in [3.05, 3.63) is 30.1 Å². The first-order valence-corrected chi connectivity index (χ1v) is 7.22. The van der Waals surface area contributed by atoms with Gasteiger partial charge in [0.05, 0.1) is 0 Å². The van der Waals surface area contributed by atoms with Gasteiger partial charge in [-0.1, -0.05) is 6.42 Å². The van der Waals surface area contributed by atoms with Crippen molar-refractivity contribution in [3.8, 4) is 0 Å². The first kappa shape index (κ1) is 11.9. The van der Waals surface area contributed by atoms with Crippen LogP contribution in [0.15, 0.2) is 24.5 Å². The SMILES string of the molecule is CS[C@H]1CCC[C@H]1N(C)Cc1ccncc1. The van der Waals surface area contributed by atoms with E-state index in [1.54, 1.807) is 0 Å². The molecule has 0 radical (unpaired) electrons. The second kappa shape index (κ2) is 5.69. The van der Waals surface area contributed by atoms with Crippen molar-refractivity contribution in [1.29, 1.82) is 0 Å². The Morgan fingerprint density at radius 3 is 2.81 bits per heavy atom. The van der Waals surface area contributed by atoms with Crippen LogP contribution in [0.5, 0.6) is 0 Å². The quantitative estimate of drug-likeness (QED) is 0.799. The van der Waals surface area contributed by atoms with Gasteiger partial charge < -0.3 is 0 Å². The van der Waals surface area contributed by atoms with Crippen LogP contribution in [0.2, 0.25) is 0 Å². The zero-order valence-electron chi connectivity index (χ0n) is 10.1. The van der Waals surface area contributed by atoms with E-state index in [2.05, 4.69) is 35.3 Å². The molecule has 88 valence electrons. The minimum atomic E-state index is 0.753. The molecule has 0 saturated heterocycles. The van der Waals surface area contributed by atoms with Crippen molar-refractivity contribution < 1.29 is 0 Å². The van der Waals surface area contributed by atoms with Crippen LogP contribution in [0, 0.1) is 0 Å². The van der Waals surface area contributed by atoms with Crippen LogP contribution in [0.3, 0.4) is 0 Å². The molecule has 1 aromatic heterocycles. The van der Waals surface area contributed by atoms with E-state index in [1.165, 1.54) is 24.8 Å². The number of thioether (sulfide) groups is 1. The van der Waals surface area contributed by atoms with E-state index in [0.29, 0.717) is 0 Å². The largest absolute Gasteiger partial charge is 0.298 e. The summed E-state index contributed by atoms with van der Waals surface area (Å²) in [6.07, 6.45) is 10.1. The third-order valence-corrected chi connectivity index (χ3v) is 4.62. The number of nitrogens with zero attached hydrogens (tertiary/aromatic N) is 2. The minimum absolute atomic E-state index is 0.753. The lowest BCUT2D eigenvalue weighted by Gasteiger charge is -2.28. The van der Waals surface area contributed by atoms with Gasteiger partial charge in [0, 0.05) is 30.2 Å². The van der Waals surface area contributed by atoms with Gasteiger partial charge in [0.25, 0.3) is 0 Å². The van der Waals surface area contributed by atoms with Gasteiger partial charge in [0.2, 0.25) is 0 Å². The third kappa shape index (κ3) is 2.77. The van der Waals surface area contributed by atoms with Crippen LogP contribution < -0.4 is 0 Å². The lowest BCUT2D eigenvalue weighted by Crippen LogP contribution is -2.35. The second-order valence-electron chi connectivity index (χ2n) is 4.54. The van der Waals surface area contributed by atoms with Crippen LogP contribution in [-0.2, 0) is 6.54 Å². The molecular weight excluding hydrogens is 216 g/mol. The molecule has 0 amide bonds. The molecule has 1 fully saturated rings. The summed E-state index contributed by atoms with van der Waals surface area (Å²) in [4.78, 5) is 6.56. The first-order valence-electron chi connectivity index (χ1n) is 5.93. The van der Waals surface area contributed by atoms with E-state index >= 15 is 0 Å². The van der Waals surface area contributed by atoms with Gasteiger partial charge >= 0.3 is 0 Å². The highest BCUT2D eigenvalue weighted by molar-refractivity contribution is 7.99. The average molecular weight is 236 g/mol. The monoisotopic (exact) mass is 236 g/mol. The molecule has 3 heteroatoms. The summed E-state index contributed by atoms with van der Waals surface area (Å²) >= 11 is 2.03. The topological polar surface area (TPSA) is 16.1 Å². The van der Waals surface area contributed by atoms with Crippen LogP contribution >= 0.6 is 11.8 Å². The molecule has 0 N–H and O–H groups in total. The summed E-state index contributed by atoms with van der Waals surface area (Å²) in [7, 11) is 2.25. The van der Waals surface area contributed by atoms with Gasteiger partial charge in [-0.2, -0.15) is 11.8 Å². The van der Waals surface area contributed by atoms with Gasteiger partial charge in [-0.3, -0.25) is 9.88 Å². The molecule has 1 aromatic rings. The summed E-state index contributed by atoms with van der Waals surface area (Å²) in [6, 6.07) is 4.97. The van der Waals surface area contributed by atoms with Crippen molar-refractivity contribution in [2.45, 2.75) is 37.1 Å². The van der Waals surface area contributed by atoms with E-state index < -0.39 is 0 Å². The van der Waals surface area contributed by atoms with Crippen molar-refractivity contribution in [1.82, 2.24) is 9.88 Å². The second-order valence-corrected chi connectivity index (χ2v) is 5.62. The molecule has 0 aromatic carbocycles. The third-order valence-electron chi connectivity index (χ3n) is 3.47. The summed E-state index contributed by atoms with van der Waals surface area (Å²) in [5.74, 6) is 0. The van der Waals surface area contributed by atoms with Crippen molar-refractivity contribution in [2.24, 2.45) is 0 Å². The van der Waals surface area contributed by atoms with Crippen LogP contribution in [0.4, 0.5) is 0 Å². The molecule has 0 spiro atoms. The maximum atomic E-state index is 4.06. The molecule has 0 aliphatic heterocycles. The van der Waals surface area contributed by atoms with E-state index in [9.17, 15) is 0 Å². The predicted molar refractivity (Wildman–Crippen MR) is 70.6 cm³/mol. The maximum Gasteiger partial charge on any atom is 0.0271 e. The Hall–Kier alpha value is -0.540. The lowest BCUT2D eigenvalue weighted by molar-refractivity contribution is 0.241. The summed E-state index contributed by atoms with van der Waals surface area (Å²) in [5.41, 5.74) is 1.37. The average Bonchev–Trinajstić information content (AvgIpc) is 2.78. The Kier molecular flexibility index (Phi) is 4.24. The Bertz CT molecular complexity index is 315. The molecule has 0 bridgehead atoms. The Labute approximate surface area is 102 Å². The molecular formula is C13H20N2S. The van der Waals surface area contributed by atoms with Gasteiger partial charge in [-0.05, 0) is 43.8 Å². The molecule has 0 unspecified atom stereocenters. The van der Waals surface area contributed by atoms with Crippen LogP contribution in [0.1, 0.15) is 24.8 Å². The number of rotatable bonds is 4. The van der Waals surface area contributed by atoms with Gasteiger partial charge in [-0.25, -0.2) is 0 Å². The standard InChI is InChI=1S/C13H20N2S/c1-15(10-11-6-8-14-9-7-11)12-4-3-5-13(12)16-2/h6-9,12-13H,3-5,10H2,1-2H3/t12-,13+/m1/s1. The normalized spacial score (nSPS) is 25.2. The highest BCUT2D eigenvalue weighted by atomic mass is 32.2. The summed E-state index contributed by atoms with van der Waals surface area (Å²) in [5, 5.41) is 0.826. The lowest BCUT2D eigenvalue weighted by atomic mass is 10.2. The predicted octanol–water partition coefficient (Wildman–Crippen LogP) is 2.80. The smallest absolute Gasteiger partial charge is 0.0271 e. The number of hydrogen-bond acceptors (Lipinski definition) is 3. The molecule has 2 rings (SSSR count). The number of aromatic nitrogens is 1. The number of hydrogen-bond donors (Lipinski definition) is 0. The van der Waals surface area contributed by atoms with Gasteiger partial charge in [-0.15, -0.1) is 0 Å². The molecule has 1 heterocycles. The minimum Gasteiger partial charge on any atom is -0.298 e. The zero-order chi connectivity index (χ0) is 11.4. The summed E-state index contributed by atoms with van der Waals surface area (Å²) < 4.78 is 0. The van der Waals surface area contributed by atoms with Gasteiger partial charge in [0.1, 0.15) is 0 Å². The van der Waals surface area contributed by atoms with Crippen molar-refractivity contribution in [3.63, 3.8) is 0 Å². The highest BCUT2D eigenvalue weighted by Crippen LogP contribution is 2.32. The molecule has 2 atom stereocenters. The molecule has 1 saturated carbocycles. The first-order chi connectivity index (χ1) is 7.81. The fourth-order valence-corrected chi connectivity index (χ4v) is 3.64. The number of pyridine rings is 1. The molecule has 1 aliphatic carbocycles. The van der Waals surface area contributed by atoms with Crippen LogP contribution in [0.25, 0.3) is 0 Å². The molecule has 2 nitrogen and oxygen atoms in total. The van der Waals surface area contributed by atoms with E-state index in [4.69, 9.17) is 0 Å². The summed E-state index contributed by atoms with van der Waals surface area (Å²) in [6.45, 7) is 1.05. The van der Waals surface area contributed by atoms with Crippen molar-refractivity contribution >= 4 is 11.8 Å². The van der Waals surface area contributed by atoms with E-state index in [1.807, 2.05) is 24.2 Å². The molecule has 16 heavy (non-hydrogen) atoms. The Balaban J connectivity index is 1.95. The fraction of sp³-hybridized carbons (Fsp3) is 0.615.